The average Bonchev–Trinajstić information content (AvgIpc) is 2.99. The van der Waals surface area contributed by atoms with E-state index in [-0.39, 0.29) is 11.3 Å². The van der Waals surface area contributed by atoms with Crippen molar-refractivity contribution in [1.29, 1.82) is 0 Å². The van der Waals surface area contributed by atoms with Gasteiger partial charge in [-0.3, -0.25) is 4.79 Å². The van der Waals surface area contributed by atoms with Crippen molar-refractivity contribution in [2.45, 2.75) is 61.4 Å². The van der Waals surface area contributed by atoms with Gasteiger partial charge >= 0.3 is 5.97 Å². The second-order valence-corrected chi connectivity index (χ2v) is 10.3. The van der Waals surface area contributed by atoms with Crippen LogP contribution >= 0.6 is 0 Å². The highest BCUT2D eigenvalue weighted by Crippen LogP contribution is 2.40. The van der Waals surface area contributed by atoms with E-state index >= 15 is 0 Å². The second-order valence-electron chi connectivity index (χ2n) is 10.3. The van der Waals surface area contributed by atoms with Crippen molar-refractivity contribution in [3.8, 4) is 40.1 Å². The van der Waals surface area contributed by atoms with E-state index in [1.807, 2.05) is 0 Å². The molecule has 2 aromatic carbocycles. The van der Waals surface area contributed by atoms with Crippen LogP contribution in [0.15, 0.2) is 39.5 Å². The fraction of sp³-hybridized carbons (Fsp3) is 0.407. The lowest BCUT2D eigenvalue weighted by molar-refractivity contribution is -0.277. The molecule has 45 heavy (non-hydrogen) atoms. The summed E-state index contributed by atoms with van der Waals surface area (Å²) in [7, 11) is 0. The highest BCUT2D eigenvalue weighted by atomic mass is 16.7. The maximum Gasteiger partial charge on any atom is 0.335 e. The minimum atomic E-state index is -2.01. The second kappa shape index (κ2) is 12.3. The third kappa shape index (κ3) is 5.81. The fourth-order valence-electron chi connectivity index (χ4n) is 4.85. The number of aliphatic hydroxyl groups is 7. The van der Waals surface area contributed by atoms with Gasteiger partial charge in [-0.15, -0.1) is 0 Å². The molecule has 0 amide bonds. The van der Waals surface area contributed by atoms with Crippen molar-refractivity contribution in [2.75, 3.05) is 6.61 Å². The minimum Gasteiger partial charge on any atom is -0.507 e. The largest absolute Gasteiger partial charge is 0.507 e. The van der Waals surface area contributed by atoms with Crippen LogP contribution in [0.2, 0.25) is 0 Å². The van der Waals surface area contributed by atoms with Gasteiger partial charge in [-0.2, -0.15) is 0 Å². The number of carboxylic acid groups (broad SMARTS) is 1. The lowest BCUT2D eigenvalue weighted by atomic mass is 9.99. The summed E-state index contributed by atoms with van der Waals surface area (Å²) in [6, 6.07) is 5.02. The van der Waals surface area contributed by atoms with Crippen molar-refractivity contribution in [2.24, 2.45) is 0 Å². The summed E-state index contributed by atoms with van der Waals surface area (Å²) in [6.45, 7) is -0.817. The maximum absolute atomic E-state index is 13.7. The number of phenols is 3. The highest BCUT2D eigenvalue weighted by molar-refractivity contribution is 5.88. The lowest BCUT2D eigenvalue weighted by Crippen LogP contribution is -2.61. The summed E-state index contributed by atoms with van der Waals surface area (Å²) in [5, 5.41) is 110. The van der Waals surface area contributed by atoms with Crippen LogP contribution < -0.4 is 14.9 Å². The quantitative estimate of drug-likeness (QED) is 0.115. The van der Waals surface area contributed by atoms with Gasteiger partial charge in [0.05, 0.1) is 6.61 Å². The molecule has 244 valence electrons. The Balaban J connectivity index is 1.60. The Morgan fingerprint density at radius 1 is 0.756 bits per heavy atom. The zero-order chi connectivity index (χ0) is 32.9. The molecule has 3 aromatic rings. The van der Waals surface area contributed by atoms with E-state index in [2.05, 4.69) is 0 Å². The molecule has 3 heterocycles. The molecule has 18 heteroatoms. The summed E-state index contributed by atoms with van der Waals surface area (Å²) in [5.74, 6) is -5.35. The first-order chi connectivity index (χ1) is 21.2. The predicted octanol–water partition coefficient (Wildman–Crippen LogP) is -2.97. The summed E-state index contributed by atoms with van der Waals surface area (Å²) in [6.07, 6.45) is -18.8. The zero-order valence-electron chi connectivity index (χ0n) is 22.6. The number of aliphatic carboxylic acids is 1. The van der Waals surface area contributed by atoms with Crippen molar-refractivity contribution in [3.63, 3.8) is 0 Å². The number of phenolic OH excluding ortho intramolecular Hbond substituents is 3. The Hall–Kier alpha value is -4.24. The van der Waals surface area contributed by atoms with Gasteiger partial charge in [0.1, 0.15) is 65.2 Å². The minimum absolute atomic E-state index is 0.109. The maximum atomic E-state index is 13.7. The van der Waals surface area contributed by atoms with Crippen LogP contribution in [-0.2, 0) is 14.3 Å². The standard InChI is InChI=1S/C27H28O18/c28-6-13-15(32)17(34)20(37)27(43-13)44-23-16(33)14-11(31)4-8(41-26-21(38)18(35)19(36)24(45-26)25(39)40)5-12(14)42-22(23)7-1-2-9(29)10(30)3-7/h1-5,13,15,17-21,24,26-32,34-38H,6H2,(H,39,40)/t13-,15-,17+,18+,19+,20-,21-,24+,26?,27?/m1/s1. The van der Waals surface area contributed by atoms with Crippen LogP contribution in [0.5, 0.6) is 28.7 Å². The van der Waals surface area contributed by atoms with E-state index in [0.717, 1.165) is 24.3 Å². The molecule has 11 N–H and O–H groups in total. The molecule has 0 saturated carbocycles. The first-order valence-corrected chi connectivity index (χ1v) is 13.2. The number of fused-ring (bicyclic) bond motifs is 1. The Morgan fingerprint density at radius 3 is 2.02 bits per heavy atom. The summed E-state index contributed by atoms with van der Waals surface area (Å²) < 4.78 is 27.2. The summed E-state index contributed by atoms with van der Waals surface area (Å²) in [5.41, 5.74) is -1.65. The number of hydrogen-bond acceptors (Lipinski definition) is 17. The number of carboxylic acids is 1. The number of carbonyl (C=O) groups is 1. The first kappa shape index (κ1) is 32.2. The number of ether oxygens (including phenoxy) is 4. The average molecular weight is 641 g/mol. The van der Waals surface area contributed by atoms with Gasteiger partial charge in [-0.05, 0) is 18.2 Å². The van der Waals surface area contributed by atoms with Crippen LogP contribution in [-0.4, -0.2) is 130 Å². The molecule has 18 nitrogen and oxygen atoms in total. The summed E-state index contributed by atoms with van der Waals surface area (Å²) in [4.78, 5) is 25.2. The number of aliphatic hydroxyl groups excluding tert-OH is 7. The van der Waals surface area contributed by atoms with Crippen LogP contribution in [0.25, 0.3) is 22.3 Å². The molecule has 2 aliphatic rings. The van der Waals surface area contributed by atoms with Gasteiger partial charge in [0.2, 0.25) is 23.8 Å². The highest BCUT2D eigenvalue weighted by Gasteiger charge is 2.48. The Morgan fingerprint density at radius 2 is 1.40 bits per heavy atom. The molecule has 2 saturated heterocycles. The SMILES string of the molecule is O=C(O)[C@H]1OC(Oc2cc(O)c3c(=O)c(OC4O[C@H](CO)[C@@H](O)[C@H](O)[C@H]4O)c(-c4ccc(O)c(O)c4)oc3c2)[C@H](O)[C@@H](O)[C@@H]1O. The van der Waals surface area contributed by atoms with E-state index in [4.69, 9.17) is 23.4 Å². The smallest absolute Gasteiger partial charge is 0.335 e. The van der Waals surface area contributed by atoms with E-state index in [9.17, 15) is 65.8 Å². The van der Waals surface area contributed by atoms with Crippen molar-refractivity contribution < 1.29 is 84.3 Å². The molecular weight excluding hydrogens is 612 g/mol. The van der Waals surface area contributed by atoms with Gasteiger partial charge in [0.15, 0.2) is 23.4 Å². The van der Waals surface area contributed by atoms with Crippen LogP contribution in [0.3, 0.4) is 0 Å². The molecule has 5 rings (SSSR count). The number of rotatable bonds is 7. The van der Waals surface area contributed by atoms with Crippen LogP contribution in [0.4, 0.5) is 0 Å². The molecule has 0 spiro atoms. The Labute approximate surface area is 250 Å². The predicted molar refractivity (Wildman–Crippen MR) is 142 cm³/mol. The fourth-order valence-corrected chi connectivity index (χ4v) is 4.85. The van der Waals surface area contributed by atoms with Crippen LogP contribution in [0.1, 0.15) is 0 Å². The molecule has 2 unspecified atom stereocenters. The van der Waals surface area contributed by atoms with Gasteiger partial charge in [0.25, 0.3) is 0 Å². The zero-order valence-corrected chi connectivity index (χ0v) is 22.6. The third-order valence-corrected chi connectivity index (χ3v) is 7.29. The first-order valence-electron chi connectivity index (χ1n) is 13.2. The molecular formula is C27H28O18. The van der Waals surface area contributed by atoms with E-state index in [1.165, 1.54) is 6.07 Å². The third-order valence-electron chi connectivity index (χ3n) is 7.29. The molecule has 2 fully saturated rings. The van der Waals surface area contributed by atoms with Crippen molar-refractivity contribution in [1.82, 2.24) is 0 Å². The van der Waals surface area contributed by atoms with Gasteiger partial charge in [-0.25, -0.2) is 4.79 Å². The molecule has 2 aliphatic heterocycles. The van der Waals surface area contributed by atoms with Gasteiger partial charge in [-0.1, -0.05) is 0 Å². The van der Waals surface area contributed by atoms with E-state index < -0.39 is 119 Å². The molecule has 1 aromatic heterocycles. The van der Waals surface area contributed by atoms with Gasteiger partial charge < -0.3 is 79.5 Å². The number of benzene rings is 2. The molecule has 0 bridgehead atoms. The van der Waals surface area contributed by atoms with E-state index in [1.54, 1.807) is 0 Å². The summed E-state index contributed by atoms with van der Waals surface area (Å²) >= 11 is 0. The normalized spacial score (nSPS) is 31.9. The van der Waals surface area contributed by atoms with Crippen molar-refractivity contribution in [3.05, 3.63) is 40.6 Å². The monoisotopic (exact) mass is 640 g/mol. The van der Waals surface area contributed by atoms with Crippen molar-refractivity contribution >= 4 is 16.9 Å². The topological polar surface area (TPSA) is 307 Å². The van der Waals surface area contributed by atoms with E-state index in [0.29, 0.717) is 0 Å². The lowest BCUT2D eigenvalue weighted by Gasteiger charge is -2.39. The Kier molecular flexibility index (Phi) is 8.77. The Bertz CT molecular complexity index is 1640. The number of hydrogen-bond donors (Lipinski definition) is 11. The molecule has 0 aliphatic carbocycles. The number of aromatic hydroxyl groups is 3. The van der Waals surface area contributed by atoms with Crippen LogP contribution in [0, 0.1) is 0 Å². The molecule has 10 atom stereocenters. The van der Waals surface area contributed by atoms with Gasteiger partial charge in [0, 0.05) is 17.7 Å². The molecule has 0 radical (unpaired) electrons.